The number of likely N-dealkylation sites (N-methyl/N-ethyl adjacent to an activating group) is 1. The molecule has 1 aromatic heterocycles. The lowest BCUT2D eigenvalue weighted by atomic mass is 10.0. The summed E-state index contributed by atoms with van der Waals surface area (Å²) in [6, 6.07) is 14.2. The molecule has 0 unspecified atom stereocenters. The number of aromatic amines is 1. The van der Waals surface area contributed by atoms with Crippen LogP contribution in [0.2, 0.25) is 0 Å². The number of aromatic nitrogens is 1. The molecule has 0 atom stereocenters. The second kappa shape index (κ2) is 18.5. The van der Waals surface area contributed by atoms with E-state index in [0.717, 1.165) is 81.4 Å². The van der Waals surface area contributed by atoms with Crippen molar-refractivity contribution >= 4 is 23.2 Å². The maximum atomic E-state index is 13.8. The lowest BCUT2D eigenvalue weighted by molar-refractivity contribution is -0.138. The maximum absolute atomic E-state index is 13.8. The molecule has 5 rings (SSSR count). The van der Waals surface area contributed by atoms with E-state index in [1.54, 1.807) is 6.07 Å². The summed E-state index contributed by atoms with van der Waals surface area (Å²) >= 11 is 0. The van der Waals surface area contributed by atoms with Crippen molar-refractivity contribution in [1.82, 2.24) is 19.7 Å². The molecule has 2 aliphatic rings. The van der Waals surface area contributed by atoms with Crippen molar-refractivity contribution < 1.29 is 22.8 Å². The molecule has 0 bridgehead atoms. The summed E-state index contributed by atoms with van der Waals surface area (Å²) in [5.41, 5.74) is 6.58. The summed E-state index contributed by atoms with van der Waals surface area (Å²) < 4.78 is 41.5. The first-order valence-electron chi connectivity index (χ1n) is 18.5. The Labute approximate surface area is 304 Å². The number of benzene rings is 2. The van der Waals surface area contributed by atoms with E-state index in [4.69, 9.17) is 5.73 Å². The molecule has 2 fully saturated rings. The number of carbonyl (C=O) groups excluding carboxylic acids is 2. The number of alkyl halides is 3. The third-order valence-electron chi connectivity index (χ3n) is 10.0. The van der Waals surface area contributed by atoms with Crippen LogP contribution in [0.15, 0.2) is 59.5 Å². The van der Waals surface area contributed by atoms with Crippen molar-refractivity contribution in [2.75, 3.05) is 76.2 Å². The molecule has 2 amide bonds. The molecule has 2 aromatic carbocycles. The predicted molar refractivity (Wildman–Crippen MR) is 199 cm³/mol. The van der Waals surface area contributed by atoms with Gasteiger partial charge in [-0.05, 0) is 61.3 Å². The zero-order valence-corrected chi connectivity index (χ0v) is 30.1. The van der Waals surface area contributed by atoms with E-state index in [9.17, 15) is 27.6 Å². The lowest BCUT2D eigenvalue weighted by Crippen LogP contribution is -2.48. The lowest BCUT2D eigenvalue weighted by Gasteiger charge is -2.35. The first-order chi connectivity index (χ1) is 25.0. The molecule has 0 spiro atoms. The maximum Gasteiger partial charge on any atom is 0.417 e. The highest BCUT2D eigenvalue weighted by molar-refractivity contribution is 6.07. The third kappa shape index (κ3) is 10.9. The molecule has 10 nitrogen and oxygen atoms in total. The van der Waals surface area contributed by atoms with Crippen LogP contribution in [0.3, 0.4) is 0 Å². The summed E-state index contributed by atoms with van der Waals surface area (Å²) in [7, 11) is 2.03. The Kier molecular flexibility index (Phi) is 13.9. The van der Waals surface area contributed by atoms with Gasteiger partial charge in [-0.15, -0.1) is 0 Å². The Morgan fingerprint density at radius 2 is 1.50 bits per heavy atom. The van der Waals surface area contributed by atoms with Crippen LogP contribution in [0.4, 0.5) is 24.5 Å². The highest BCUT2D eigenvalue weighted by Crippen LogP contribution is 2.35. The van der Waals surface area contributed by atoms with E-state index in [2.05, 4.69) is 37.1 Å². The molecule has 0 aliphatic carbocycles. The predicted octanol–water partition coefficient (Wildman–Crippen LogP) is 5.79. The number of pyridine rings is 1. The van der Waals surface area contributed by atoms with Crippen molar-refractivity contribution in [3.8, 4) is 11.1 Å². The third-order valence-corrected chi connectivity index (χ3v) is 10.0. The molecule has 0 saturated carbocycles. The number of hydrogen-bond acceptors (Lipinski definition) is 7. The second-order valence-corrected chi connectivity index (χ2v) is 14.0. The first kappa shape index (κ1) is 39.0. The Morgan fingerprint density at radius 3 is 2.19 bits per heavy atom. The van der Waals surface area contributed by atoms with Crippen LogP contribution in [0, 0.1) is 0 Å². The molecule has 3 aromatic rings. The average molecular weight is 724 g/mol. The summed E-state index contributed by atoms with van der Waals surface area (Å²) in [5, 5.41) is 2.74. The highest BCUT2D eigenvalue weighted by atomic mass is 19.4. The van der Waals surface area contributed by atoms with Gasteiger partial charge in [-0.25, -0.2) is 0 Å². The van der Waals surface area contributed by atoms with Crippen molar-refractivity contribution in [2.45, 2.75) is 64.1 Å². The standard InChI is InChI=1S/C39H52F3N7O3/c1-46-16-20-48(21-17-46)35-14-13-31(25-34(35)45-38(52)32-27-44-36(50)26-33(32)39(40,41)42)30-11-9-10-29(24-30)28-47-18-22-49(23-19-47)37(51)12-7-5-3-2-4-6-8-15-43/h9-11,13-14,24-27H,2-8,12,15-23,28,43H2,1H3,(H,44,50)(H,45,52). The zero-order chi connectivity index (χ0) is 37.1. The normalized spacial score (nSPS) is 15.9. The largest absolute Gasteiger partial charge is 0.417 e. The molecule has 4 N–H and O–H groups in total. The minimum Gasteiger partial charge on any atom is -0.367 e. The molecular weight excluding hydrogens is 671 g/mol. The second-order valence-electron chi connectivity index (χ2n) is 14.0. The van der Waals surface area contributed by atoms with Gasteiger partial charge in [0.1, 0.15) is 0 Å². The van der Waals surface area contributed by atoms with Gasteiger partial charge in [0.25, 0.3) is 5.91 Å². The van der Waals surface area contributed by atoms with Crippen LogP contribution in [0.5, 0.6) is 0 Å². The summed E-state index contributed by atoms with van der Waals surface area (Å²) in [4.78, 5) is 48.8. The minimum atomic E-state index is -4.88. The van der Waals surface area contributed by atoms with E-state index in [0.29, 0.717) is 50.0 Å². The number of piperazine rings is 2. The van der Waals surface area contributed by atoms with Crippen LogP contribution in [-0.4, -0.2) is 97.4 Å². The molecule has 52 heavy (non-hydrogen) atoms. The van der Waals surface area contributed by atoms with Crippen molar-refractivity contribution in [2.24, 2.45) is 5.73 Å². The number of nitrogens with zero attached hydrogens (tertiary/aromatic N) is 4. The van der Waals surface area contributed by atoms with E-state index in [1.165, 1.54) is 25.7 Å². The number of H-pyrrole nitrogens is 1. The molecule has 3 heterocycles. The fourth-order valence-corrected chi connectivity index (χ4v) is 6.95. The minimum absolute atomic E-state index is 0.239. The number of carbonyl (C=O) groups is 2. The van der Waals surface area contributed by atoms with Gasteiger partial charge in [-0.1, -0.05) is 56.4 Å². The van der Waals surface area contributed by atoms with Gasteiger partial charge in [0, 0.05) is 77.6 Å². The summed E-state index contributed by atoms with van der Waals surface area (Å²) in [6.07, 6.45) is 4.43. The van der Waals surface area contributed by atoms with E-state index in [1.807, 2.05) is 36.2 Å². The van der Waals surface area contributed by atoms with Crippen LogP contribution in [0.1, 0.15) is 72.9 Å². The van der Waals surface area contributed by atoms with E-state index in [-0.39, 0.29) is 5.91 Å². The van der Waals surface area contributed by atoms with Crippen LogP contribution < -0.4 is 21.5 Å². The van der Waals surface area contributed by atoms with Crippen molar-refractivity contribution in [3.63, 3.8) is 0 Å². The highest BCUT2D eigenvalue weighted by Gasteiger charge is 2.36. The number of halogens is 3. The molecule has 0 radical (unpaired) electrons. The Balaban J connectivity index is 1.23. The summed E-state index contributed by atoms with van der Waals surface area (Å²) in [5.74, 6) is -0.723. The number of unbranched alkanes of at least 4 members (excludes halogenated alkanes) is 6. The monoisotopic (exact) mass is 723 g/mol. The Hall–Kier alpha value is -4.20. The van der Waals surface area contributed by atoms with Gasteiger partial charge in [0.05, 0.1) is 22.5 Å². The quantitative estimate of drug-likeness (QED) is 0.170. The van der Waals surface area contributed by atoms with Crippen molar-refractivity contribution in [3.05, 3.63) is 81.8 Å². The molecule has 2 aliphatic heterocycles. The number of nitrogens with two attached hydrogens (primary N) is 1. The molecule has 2 saturated heterocycles. The van der Waals surface area contributed by atoms with Crippen molar-refractivity contribution in [1.29, 1.82) is 0 Å². The van der Waals surface area contributed by atoms with Gasteiger partial charge in [-0.3, -0.25) is 19.3 Å². The smallest absolute Gasteiger partial charge is 0.367 e. The number of anilines is 2. The summed E-state index contributed by atoms with van der Waals surface area (Å²) in [6.45, 7) is 7.45. The van der Waals surface area contributed by atoms with Gasteiger partial charge < -0.3 is 30.7 Å². The van der Waals surface area contributed by atoms with E-state index < -0.39 is 28.8 Å². The number of rotatable bonds is 15. The van der Waals surface area contributed by atoms with Crippen LogP contribution in [-0.2, 0) is 17.5 Å². The zero-order valence-electron chi connectivity index (χ0n) is 30.1. The van der Waals surface area contributed by atoms with Gasteiger partial charge >= 0.3 is 6.18 Å². The number of amides is 2. The fourth-order valence-electron chi connectivity index (χ4n) is 6.95. The van der Waals surface area contributed by atoms with Gasteiger partial charge in [-0.2, -0.15) is 13.2 Å². The van der Waals surface area contributed by atoms with Crippen LogP contribution >= 0.6 is 0 Å². The fraction of sp³-hybridized carbons (Fsp3) is 0.513. The van der Waals surface area contributed by atoms with Crippen LogP contribution in [0.25, 0.3) is 11.1 Å². The van der Waals surface area contributed by atoms with Gasteiger partial charge in [0.15, 0.2) is 0 Å². The number of hydrogen-bond donors (Lipinski definition) is 3. The number of nitrogens with one attached hydrogen (secondary N) is 2. The topological polar surface area (TPSA) is 118 Å². The average Bonchev–Trinajstić information content (AvgIpc) is 3.13. The van der Waals surface area contributed by atoms with Gasteiger partial charge in [0.2, 0.25) is 11.5 Å². The Bertz CT molecular complexity index is 1700. The molecule has 13 heteroatoms. The Morgan fingerprint density at radius 1 is 0.827 bits per heavy atom. The molecular formula is C39H52F3N7O3. The first-order valence-corrected chi connectivity index (χ1v) is 18.5. The molecule has 282 valence electrons. The SMILES string of the molecule is CN1CCN(c2ccc(-c3cccc(CN4CCN(C(=O)CCCCCCCCCN)CC4)c3)cc2NC(=O)c2c[nH]c(=O)cc2C(F)(F)F)CC1. The van der Waals surface area contributed by atoms with E-state index >= 15 is 0 Å².